The Morgan fingerprint density at radius 2 is 1.76 bits per heavy atom. The molecule has 0 saturated carbocycles. The molecular weight excluding hydrogens is 616 g/mol. The van der Waals surface area contributed by atoms with Crippen LogP contribution in [0, 0.1) is 12.8 Å². The van der Waals surface area contributed by atoms with Crippen LogP contribution >= 0.6 is 43.6 Å². The molecule has 1 aliphatic heterocycles. The molecule has 1 amide bonds. The average molecular weight is 644 g/mol. The highest BCUT2D eigenvalue weighted by Crippen LogP contribution is 2.40. The lowest BCUT2D eigenvalue weighted by Crippen LogP contribution is -2.32. The fourth-order valence-electron chi connectivity index (χ4n) is 3.70. The second kappa shape index (κ2) is 12.3. The van der Waals surface area contributed by atoms with E-state index in [2.05, 4.69) is 45.7 Å². The Balaban J connectivity index is 1.60. The molecule has 1 heterocycles. The monoisotopic (exact) mass is 642 g/mol. The predicted molar refractivity (Wildman–Crippen MR) is 160 cm³/mol. The Bertz CT molecular complexity index is 1340. The number of thioether (sulfide) groups is 1. The zero-order valence-corrected chi connectivity index (χ0v) is 25.1. The van der Waals surface area contributed by atoms with Crippen molar-refractivity contribution in [1.82, 2.24) is 4.90 Å². The van der Waals surface area contributed by atoms with E-state index in [1.165, 1.54) is 17.3 Å². The number of halogens is 2. The summed E-state index contributed by atoms with van der Waals surface area (Å²) in [6, 6.07) is 19.8. The van der Waals surface area contributed by atoms with Crippen molar-refractivity contribution in [2.75, 3.05) is 13.7 Å². The standard InChI is InChI=1S/C29H28Br2N2O3S/c1-18(2)16-33-28(34)26(37-29(33)32-23-11-5-19(3)6-12-23)15-21-13-24(31)27(25(14-21)35-4)36-17-20-7-9-22(30)10-8-20/h5-15,18H,16-17H2,1-4H3/b26-15+,32-29?. The van der Waals surface area contributed by atoms with Crippen LogP contribution in [0.15, 0.2) is 79.5 Å². The maximum absolute atomic E-state index is 13.4. The molecule has 1 saturated heterocycles. The molecule has 0 aliphatic carbocycles. The van der Waals surface area contributed by atoms with Crippen molar-refractivity contribution >= 4 is 66.5 Å². The number of rotatable bonds is 8. The fraction of sp³-hybridized carbons (Fsp3) is 0.241. The van der Waals surface area contributed by atoms with Gasteiger partial charge in [0.25, 0.3) is 5.91 Å². The lowest BCUT2D eigenvalue weighted by molar-refractivity contribution is -0.122. The van der Waals surface area contributed by atoms with Crippen molar-refractivity contribution in [3.63, 3.8) is 0 Å². The SMILES string of the molecule is COc1cc(/C=C2/SC(=Nc3ccc(C)cc3)N(CC(C)C)C2=O)cc(Br)c1OCc1ccc(Br)cc1. The van der Waals surface area contributed by atoms with Gasteiger partial charge in [0.05, 0.1) is 22.2 Å². The highest BCUT2D eigenvalue weighted by atomic mass is 79.9. The molecule has 5 nitrogen and oxygen atoms in total. The maximum Gasteiger partial charge on any atom is 0.266 e. The molecule has 0 aromatic heterocycles. The van der Waals surface area contributed by atoms with Crippen molar-refractivity contribution in [3.05, 3.63) is 91.2 Å². The van der Waals surface area contributed by atoms with Crippen molar-refractivity contribution in [1.29, 1.82) is 0 Å². The number of hydrogen-bond donors (Lipinski definition) is 0. The third-order valence-electron chi connectivity index (χ3n) is 5.54. The van der Waals surface area contributed by atoms with Crippen molar-refractivity contribution in [2.24, 2.45) is 10.9 Å². The second-order valence-corrected chi connectivity index (χ2v) is 11.9. The molecule has 0 unspecified atom stereocenters. The minimum atomic E-state index is -0.0461. The van der Waals surface area contributed by atoms with Gasteiger partial charge in [0.15, 0.2) is 16.7 Å². The zero-order chi connectivity index (χ0) is 26.5. The van der Waals surface area contributed by atoms with E-state index in [9.17, 15) is 4.79 Å². The lowest BCUT2D eigenvalue weighted by atomic mass is 10.1. The van der Waals surface area contributed by atoms with E-state index in [1.54, 1.807) is 12.0 Å². The molecule has 0 bridgehead atoms. The van der Waals surface area contributed by atoms with E-state index in [0.29, 0.717) is 40.6 Å². The number of aryl methyl sites for hydroxylation is 1. The molecular formula is C29H28Br2N2O3S. The normalized spacial score (nSPS) is 15.8. The van der Waals surface area contributed by atoms with Gasteiger partial charge in [-0.2, -0.15) is 0 Å². The van der Waals surface area contributed by atoms with E-state index in [1.807, 2.05) is 73.7 Å². The number of hydrogen-bond acceptors (Lipinski definition) is 5. The number of carbonyl (C=O) groups is 1. The first kappa shape index (κ1) is 27.5. The summed E-state index contributed by atoms with van der Waals surface area (Å²) in [7, 11) is 1.61. The Hall–Kier alpha value is -2.55. The third-order valence-corrected chi connectivity index (χ3v) is 7.66. The van der Waals surface area contributed by atoms with Gasteiger partial charge in [0.1, 0.15) is 6.61 Å². The highest BCUT2D eigenvalue weighted by Gasteiger charge is 2.33. The minimum absolute atomic E-state index is 0.0461. The van der Waals surface area contributed by atoms with Crippen LogP contribution in [0.25, 0.3) is 6.08 Å². The molecule has 4 rings (SSSR count). The van der Waals surface area contributed by atoms with Gasteiger partial charge in [0.2, 0.25) is 0 Å². The summed E-state index contributed by atoms with van der Waals surface area (Å²) in [5.41, 5.74) is 3.87. The predicted octanol–water partition coefficient (Wildman–Crippen LogP) is 8.37. The number of nitrogens with zero attached hydrogens (tertiary/aromatic N) is 2. The molecule has 0 spiro atoms. The van der Waals surface area contributed by atoms with E-state index in [-0.39, 0.29) is 5.91 Å². The van der Waals surface area contributed by atoms with Crippen molar-refractivity contribution < 1.29 is 14.3 Å². The minimum Gasteiger partial charge on any atom is -0.493 e. The number of ether oxygens (including phenoxy) is 2. The first-order valence-electron chi connectivity index (χ1n) is 11.8. The molecule has 192 valence electrons. The van der Waals surface area contributed by atoms with E-state index < -0.39 is 0 Å². The quantitative estimate of drug-likeness (QED) is 0.231. The Morgan fingerprint density at radius 1 is 1.05 bits per heavy atom. The third kappa shape index (κ3) is 7.06. The fourth-order valence-corrected chi connectivity index (χ4v) is 5.54. The number of amidine groups is 1. The first-order chi connectivity index (χ1) is 17.7. The number of carbonyl (C=O) groups excluding carboxylic acids is 1. The summed E-state index contributed by atoms with van der Waals surface area (Å²) in [5.74, 6) is 1.46. The molecule has 0 N–H and O–H groups in total. The smallest absolute Gasteiger partial charge is 0.266 e. The first-order valence-corrected chi connectivity index (χ1v) is 14.2. The van der Waals surface area contributed by atoms with Crippen LogP contribution < -0.4 is 9.47 Å². The summed E-state index contributed by atoms with van der Waals surface area (Å²) in [4.78, 5) is 20.5. The summed E-state index contributed by atoms with van der Waals surface area (Å²) in [6.45, 7) is 7.24. The van der Waals surface area contributed by atoms with Crippen LogP contribution in [0.4, 0.5) is 5.69 Å². The highest BCUT2D eigenvalue weighted by molar-refractivity contribution is 9.10. The number of benzene rings is 3. The zero-order valence-electron chi connectivity index (χ0n) is 21.1. The molecule has 0 atom stereocenters. The Labute approximate surface area is 239 Å². The molecule has 1 fully saturated rings. The van der Waals surface area contributed by atoms with Gasteiger partial charge in [-0.05, 0) is 94.1 Å². The largest absolute Gasteiger partial charge is 0.493 e. The molecule has 0 radical (unpaired) electrons. The van der Waals surface area contributed by atoms with E-state index >= 15 is 0 Å². The molecule has 1 aliphatic rings. The van der Waals surface area contributed by atoms with Gasteiger partial charge < -0.3 is 9.47 Å². The average Bonchev–Trinajstić information content (AvgIpc) is 3.13. The van der Waals surface area contributed by atoms with Gasteiger partial charge in [-0.3, -0.25) is 9.69 Å². The number of methoxy groups -OCH3 is 1. The molecule has 3 aromatic carbocycles. The molecule has 8 heteroatoms. The summed E-state index contributed by atoms with van der Waals surface area (Å²) in [6.07, 6.45) is 1.88. The number of amides is 1. The molecule has 37 heavy (non-hydrogen) atoms. The van der Waals surface area contributed by atoms with Crippen molar-refractivity contribution in [2.45, 2.75) is 27.4 Å². The maximum atomic E-state index is 13.4. The van der Waals surface area contributed by atoms with Crippen LogP contribution in [0.1, 0.15) is 30.5 Å². The molecule has 3 aromatic rings. The van der Waals surface area contributed by atoms with Gasteiger partial charge in [0, 0.05) is 11.0 Å². The van der Waals surface area contributed by atoms with Gasteiger partial charge in [-0.15, -0.1) is 0 Å². The van der Waals surface area contributed by atoms with Crippen molar-refractivity contribution in [3.8, 4) is 11.5 Å². The van der Waals surface area contributed by atoms with Crippen LogP contribution in [0.2, 0.25) is 0 Å². The lowest BCUT2D eigenvalue weighted by Gasteiger charge is -2.17. The Kier molecular flexibility index (Phi) is 9.16. The Morgan fingerprint density at radius 3 is 2.41 bits per heavy atom. The van der Waals surface area contributed by atoms with Gasteiger partial charge in [-0.1, -0.05) is 59.6 Å². The van der Waals surface area contributed by atoms with Crippen LogP contribution in [-0.4, -0.2) is 29.6 Å². The van der Waals surface area contributed by atoms with Crippen LogP contribution in [0.3, 0.4) is 0 Å². The number of aliphatic imine (C=N–C) groups is 1. The van der Waals surface area contributed by atoms with Crippen LogP contribution in [-0.2, 0) is 11.4 Å². The van der Waals surface area contributed by atoms with E-state index in [0.717, 1.165) is 25.8 Å². The summed E-state index contributed by atoms with van der Waals surface area (Å²) >= 11 is 8.47. The topological polar surface area (TPSA) is 51.1 Å². The summed E-state index contributed by atoms with van der Waals surface area (Å²) < 4.78 is 13.5. The van der Waals surface area contributed by atoms with Gasteiger partial charge in [-0.25, -0.2) is 4.99 Å². The van der Waals surface area contributed by atoms with Crippen LogP contribution in [0.5, 0.6) is 11.5 Å². The van der Waals surface area contributed by atoms with E-state index in [4.69, 9.17) is 14.5 Å². The second-order valence-electron chi connectivity index (χ2n) is 9.10. The van der Waals surface area contributed by atoms with Gasteiger partial charge >= 0.3 is 0 Å². The summed E-state index contributed by atoms with van der Waals surface area (Å²) in [5, 5.41) is 0.689.